The molecular weight excluding hydrogens is 290 g/mol. The van der Waals surface area contributed by atoms with Crippen molar-refractivity contribution in [1.82, 2.24) is 30.1 Å². The van der Waals surface area contributed by atoms with E-state index >= 15 is 0 Å². The topological polar surface area (TPSA) is 92.3 Å². The van der Waals surface area contributed by atoms with Crippen LogP contribution in [0.5, 0.6) is 0 Å². The molecule has 7 nitrogen and oxygen atoms in total. The van der Waals surface area contributed by atoms with Crippen LogP contribution < -0.4 is 5.32 Å². The molecule has 0 spiro atoms. The van der Waals surface area contributed by atoms with Crippen LogP contribution in [0.3, 0.4) is 0 Å². The average molecular weight is 313 g/mol. The zero-order valence-electron chi connectivity index (χ0n) is 13.6. The number of hydrogen-bond acceptors (Lipinski definition) is 6. The van der Waals surface area contributed by atoms with Gasteiger partial charge >= 0.3 is 0 Å². The Morgan fingerprint density at radius 1 is 1.09 bits per heavy atom. The van der Waals surface area contributed by atoms with Gasteiger partial charge in [0.15, 0.2) is 5.82 Å². The van der Waals surface area contributed by atoms with Crippen molar-refractivity contribution < 1.29 is 2.85 Å². The number of hydrogen-bond donors (Lipinski definition) is 2. The van der Waals surface area contributed by atoms with E-state index in [1.54, 1.807) is 6.20 Å². The fourth-order valence-corrected chi connectivity index (χ4v) is 2.46. The number of aromatic amines is 1. The van der Waals surface area contributed by atoms with Gasteiger partial charge in [-0.2, -0.15) is 5.10 Å². The van der Waals surface area contributed by atoms with Gasteiger partial charge in [-0.3, -0.25) is 5.10 Å². The summed E-state index contributed by atoms with van der Waals surface area (Å²) in [7, 11) is 0. The minimum absolute atomic E-state index is 0. The first-order valence-electron chi connectivity index (χ1n) is 7.48. The smallest absolute Gasteiger partial charge is 0.157 e. The first-order valence-corrected chi connectivity index (χ1v) is 7.48. The van der Waals surface area contributed by atoms with E-state index in [1.165, 1.54) is 6.33 Å². The molecule has 0 fully saturated rings. The quantitative estimate of drug-likeness (QED) is 0.764. The highest BCUT2D eigenvalue weighted by molar-refractivity contribution is 5.64. The van der Waals surface area contributed by atoms with Crippen LogP contribution >= 0.6 is 0 Å². The molecule has 3 rings (SSSR count). The molecule has 0 radical (unpaired) electrons. The molecule has 7 heteroatoms. The Labute approximate surface area is 137 Å². The second-order valence-corrected chi connectivity index (χ2v) is 5.71. The summed E-state index contributed by atoms with van der Waals surface area (Å²) in [6.07, 6.45) is 3.30. The van der Waals surface area contributed by atoms with Crippen LogP contribution in [0.2, 0.25) is 0 Å². The number of pyridine rings is 1. The summed E-state index contributed by atoms with van der Waals surface area (Å²) in [6.45, 7) is 8.09. The molecule has 0 saturated carbocycles. The van der Waals surface area contributed by atoms with Crippen molar-refractivity contribution in [3.63, 3.8) is 0 Å². The molecule has 0 amide bonds. The number of rotatable bonds is 4. The Hall–Kier alpha value is -2.83. The minimum Gasteiger partial charge on any atom is -0.325 e. The molecule has 0 aliphatic heterocycles. The highest BCUT2D eigenvalue weighted by Gasteiger charge is 2.13. The van der Waals surface area contributed by atoms with E-state index < -0.39 is 0 Å². The lowest BCUT2D eigenvalue weighted by molar-refractivity contribution is 0.863. The van der Waals surface area contributed by atoms with Gasteiger partial charge in [-0.15, -0.1) is 0 Å². The second kappa shape index (κ2) is 6.12. The monoisotopic (exact) mass is 313 g/mol. The maximum atomic E-state index is 4.47. The van der Waals surface area contributed by atoms with Crippen molar-refractivity contribution in [1.29, 1.82) is 0 Å². The van der Waals surface area contributed by atoms with Gasteiger partial charge in [-0.05, 0) is 31.4 Å². The Morgan fingerprint density at radius 3 is 2.57 bits per heavy atom. The van der Waals surface area contributed by atoms with Crippen LogP contribution in [0, 0.1) is 13.8 Å². The molecule has 0 saturated heterocycles. The molecule has 0 aromatic carbocycles. The van der Waals surface area contributed by atoms with Crippen LogP contribution in [0.4, 0.5) is 11.6 Å². The van der Waals surface area contributed by atoms with Crippen LogP contribution in [0.1, 0.15) is 39.7 Å². The number of anilines is 2. The van der Waals surface area contributed by atoms with Gasteiger partial charge in [-0.1, -0.05) is 13.8 Å². The lowest BCUT2D eigenvalue weighted by Crippen LogP contribution is -2.02. The summed E-state index contributed by atoms with van der Waals surface area (Å²) >= 11 is 0. The highest BCUT2D eigenvalue weighted by atomic mass is 15.2. The molecule has 3 aromatic rings. The standard InChI is InChI=1S/C16H19N7.2H2/c1-9(2)12-6-14(17-7-13(12)16-18-8-19-23-16)22-15-5-10(3)20-11(4)21-15;;/h5-9H,1-4H3,(H,18,19,23)(H,17,20,21,22);2*1H. The first-order chi connectivity index (χ1) is 11.0. The third kappa shape index (κ3) is 3.33. The highest BCUT2D eigenvalue weighted by Crippen LogP contribution is 2.28. The van der Waals surface area contributed by atoms with Gasteiger partial charge < -0.3 is 5.32 Å². The van der Waals surface area contributed by atoms with Gasteiger partial charge in [0.05, 0.1) is 0 Å². The van der Waals surface area contributed by atoms with Gasteiger partial charge in [-0.25, -0.2) is 19.9 Å². The fourth-order valence-electron chi connectivity index (χ4n) is 2.46. The summed E-state index contributed by atoms with van der Waals surface area (Å²) in [6, 6.07) is 3.92. The average Bonchev–Trinajstić information content (AvgIpc) is 3.00. The van der Waals surface area contributed by atoms with Crippen LogP contribution in [0.25, 0.3) is 11.4 Å². The molecule has 2 N–H and O–H groups in total. The van der Waals surface area contributed by atoms with E-state index in [0.717, 1.165) is 40.1 Å². The van der Waals surface area contributed by atoms with E-state index in [0.29, 0.717) is 5.92 Å². The summed E-state index contributed by atoms with van der Waals surface area (Å²) in [5, 5.41) is 10.0. The van der Waals surface area contributed by atoms with Gasteiger partial charge in [0.1, 0.15) is 23.8 Å². The zero-order chi connectivity index (χ0) is 16.4. The molecular formula is C16H23N7. The van der Waals surface area contributed by atoms with E-state index in [4.69, 9.17) is 0 Å². The second-order valence-electron chi connectivity index (χ2n) is 5.71. The number of nitrogens with zero attached hydrogens (tertiary/aromatic N) is 5. The van der Waals surface area contributed by atoms with E-state index in [9.17, 15) is 0 Å². The summed E-state index contributed by atoms with van der Waals surface area (Å²) in [4.78, 5) is 17.4. The molecule has 23 heavy (non-hydrogen) atoms. The SMILES string of the molecule is Cc1cc(Nc2cc(C(C)C)c(-c3ncn[nH]3)cn2)nc(C)n1.[HH].[HH]. The minimum atomic E-state index is 0. The molecule has 0 aliphatic carbocycles. The van der Waals surface area contributed by atoms with Crippen molar-refractivity contribution in [3.05, 3.63) is 41.7 Å². The fraction of sp³-hybridized carbons (Fsp3) is 0.312. The molecule has 122 valence electrons. The summed E-state index contributed by atoms with van der Waals surface area (Å²) in [5.74, 6) is 3.27. The van der Waals surface area contributed by atoms with E-state index in [2.05, 4.69) is 49.3 Å². The summed E-state index contributed by atoms with van der Waals surface area (Å²) in [5.41, 5.74) is 3.02. The predicted octanol–water partition coefficient (Wildman–Crippen LogP) is 3.63. The van der Waals surface area contributed by atoms with Crippen molar-refractivity contribution in [2.24, 2.45) is 0 Å². The summed E-state index contributed by atoms with van der Waals surface area (Å²) < 4.78 is 0. The van der Waals surface area contributed by atoms with Gasteiger partial charge in [0.25, 0.3) is 0 Å². The Kier molecular flexibility index (Phi) is 4.01. The maximum Gasteiger partial charge on any atom is 0.157 e. The molecule has 0 bridgehead atoms. The van der Waals surface area contributed by atoms with Crippen molar-refractivity contribution in [2.45, 2.75) is 33.6 Å². The van der Waals surface area contributed by atoms with Crippen LogP contribution in [0.15, 0.2) is 24.7 Å². The number of aromatic nitrogens is 6. The first kappa shape index (κ1) is 15.1. The molecule has 3 aromatic heterocycles. The molecule has 0 atom stereocenters. The van der Waals surface area contributed by atoms with Gasteiger partial charge in [0, 0.05) is 26.4 Å². The van der Waals surface area contributed by atoms with E-state index in [-0.39, 0.29) is 2.85 Å². The van der Waals surface area contributed by atoms with Crippen LogP contribution in [-0.4, -0.2) is 30.1 Å². The molecule has 3 heterocycles. The lowest BCUT2D eigenvalue weighted by atomic mass is 9.98. The largest absolute Gasteiger partial charge is 0.325 e. The maximum absolute atomic E-state index is 4.47. The van der Waals surface area contributed by atoms with Crippen molar-refractivity contribution in [2.75, 3.05) is 5.32 Å². The van der Waals surface area contributed by atoms with Crippen molar-refractivity contribution in [3.8, 4) is 11.4 Å². The number of nitrogens with one attached hydrogen (secondary N) is 2. The predicted molar refractivity (Wildman–Crippen MR) is 92.7 cm³/mol. The molecule has 0 aliphatic rings. The Bertz CT molecular complexity index is 799. The number of H-pyrrole nitrogens is 1. The zero-order valence-corrected chi connectivity index (χ0v) is 13.6. The normalized spacial score (nSPS) is 11.0. The van der Waals surface area contributed by atoms with Crippen LogP contribution in [-0.2, 0) is 0 Å². The Morgan fingerprint density at radius 2 is 1.91 bits per heavy atom. The number of aryl methyl sites for hydroxylation is 2. The lowest BCUT2D eigenvalue weighted by Gasteiger charge is -2.13. The molecule has 0 unspecified atom stereocenters. The van der Waals surface area contributed by atoms with E-state index in [1.807, 2.05) is 26.0 Å². The Balaban J connectivity index is 0.00000156. The van der Waals surface area contributed by atoms with Crippen molar-refractivity contribution >= 4 is 11.6 Å². The third-order valence-corrected chi connectivity index (χ3v) is 3.45. The third-order valence-electron chi connectivity index (χ3n) is 3.45. The van der Waals surface area contributed by atoms with Gasteiger partial charge in [0.2, 0.25) is 0 Å².